The molecule has 0 saturated carbocycles. The molecular formula is C52H29B2N3O4. The molecular weight excluding hydrogens is 752 g/mol. The van der Waals surface area contributed by atoms with Gasteiger partial charge in [-0.25, -0.2) is 0 Å². The van der Waals surface area contributed by atoms with Crippen molar-refractivity contribution in [2.45, 2.75) is 0 Å². The van der Waals surface area contributed by atoms with Crippen molar-refractivity contribution in [3.63, 3.8) is 0 Å². The number of fused-ring (bicyclic) bond motifs is 23. The molecule has 11 aromatic rings. The largest absolute Gasteiger partial charge is 0.536 e. The SMILES string of the molecule is c1ccc2c(c1)OB1c3cc(-c4cccc5c6c(oc45)N4B(Oc5ccccc54)c4ccc(-n5c7ccccc7c7ccccc75)cc4-6)ccc3-c3c(oc4ccccc34)N12. The predicted octanol–water partition coefficient (Wildman–Crippen LogP) is 11.8. The highest BCUT2D eigenvalue weighted by molar-refractivity contribution is 6.78. The Hall–Kier alpha value is -8.03. The number of hydrogen-bond acceptors (Lipinski definition) is 6. The molecule has 0 saturated heterocycles. The Kier molecular flexibility index (Phi) is 5.95. The van der Waals surface area contributed by atoms with Crippen molar-refractivity contribution >= 4 is 91.9 Å². The minimum absolute atomic E-state index is 0.383. The van der Waals surface area contributed by atoms with Crippen LogP contribution in [0.2, 0.25) is 0 Å². The van der Waals surface area contributed by atoms with Crippen molar-refractivity contribution in [2.75, 3.05) is 9.62 Å². The van der Waals surface area contributed by atoms with Gasteiger partial charge >= 0.3 is 14.1 Å². The van der Waals surface area contributed by atoms with Crippen LogP contribution < -0.4 is 29.9 Å². The van der Waals surface area contributed by atoms with Crippen LogP contribution in [0.25, 0.3) is 82.8 Å². The van der Waals surface area contributed by atoms with Gasteiger partial charge in [-0.05, 0) is 82.2 Å². The number of rotatable bonds is 2. The van der Waals surface area contributed by atoms with E-state index in [2.05, 4.69) is 154 Å². The summed E-state index contributed by atoms with van der Waals surface area (Å²) in [6, 6.07) is 62.1. The fourth-order valence-corrected chi connectivity index (χ4v) is 10.7. The van der Waals surface area contributed by atoms with E-state index >= 15 is 0 Å². The van der Waals surface area contributed by atoms with Crippen molar-refractivity contribution in [1.82, 2.24) is 4.57 Å². The van der Waals surface area contributed by atoms with Crippen LogP contribution in [-0.2, 0) is 0 Å². The van der Waals surface area contributed by atoms with Crippen LogP contribution in [0.4, 0.5) is 23.1 Å². The van der Waals surface area contributed by atoms with Crippen LogP contribution in [0.15, 0.2) is 185 Å². The lowest BCUT2D eigenvalue weighted by molar-refractivity contribution is 0.593. The predicted molar refractivity (Wildman–Crippen MR) is 246 cm³/mol. The van der Waals surface area contributed by atoms with Crippen LogP contribution in [0, 0.1) is 0 Å². The van der Waals surface area contributed by atoms with E-state index in [0.29, 0.717) is 0 Å². The Bertz CT molecular complexity index is 3680. The molecule has 3 aromatic heterocycles. The first-order chi connectivity index (χ1) is 30.3. The van der Waals surface area contributed by atoms with Gasteiger partial charge < -0.3 is 32.3 Å². The first-order valence-electron chi connectivity index (χ1n) is 20.7. The summed E-state index contributed by atoms with van der Waals surface area (Å²) in [5.74, 6) is 3.25. The van der Waals surface area contributed by atoms with Crippen LogP contribution in [0.3, 0.4) is 0 Å². The van der Waals surface area contributed by atoms with Gasteiger partial charge in [0.2, 0.25) is 0 Å². The summed E-state index contributed by atoms with van der Waals surface area (Å²) >= 11 is 0. The molecule has 7 nitrogen and oxygen atoms in total. The number of anilines is 4. The molecule has 7 heterocycles. The molecule has 61 heavy (non-hydrogen) atoms. The van der Waals surface area contributed by atoms with Crippen molar-refractivity contribution < 1.29 is 18.1 Å². The number of para-hydroxylation sites is 8. The fourth-order valence-electron chi connectivity index (χ4n) is 10.7. The lowest BCUT2D eigenvalue weighted by Gasteiger charge is -2.28. The van der Waals surface area contributed by atoms with Crippen LogP contribution in [0.5, 0.6) is 11.5 Å². The fraction of sp³-hybridized carbons (Fsp3) is 0. The molecule has 8 aromatic carbocycles. The van der Waals surface area contributed by atoms with Gasteiger partial charge in [-0.3, -0.25) is 0 Å². The van der Waals surface area contributed by atoms with Crippen molar-refractivity contribution in [1.29, 1.82) is 0 Å². The molecule has 9 heteroatoms. The highest BCUT2D eigenvalue weighted by Crippen LogP contribution is 2.54. The Morgan fingerprint density at radius 3 is 1.77 bits per heavy atom. The van der Waals surface area contributed by atoms with E-state index in [-0.39, 0.29) is 7.05 Å². The second-order valence-electron chi connectivity index (χ2n) is 16.3. The molecule has 0 aliphatic carbocycles. The zero-order valence-electron chi connectivity index (χ0n) is 32.4. The lowest BCUT2D eigenvalue weighted by Crippen LogP contribution is -2.50. The van der Waals surface area contributed by atoms with Crippen LogP contribution in [-0.4, -0.2) is 18.7 Å². The summed E-state index contributed by atoms with van der Waals surface area (Å²) < 4.78 is 29.8. The van der Waals surface area contributed by atoms with Crippen LogP contribution in [0.1, 0.15) is 0 Å². The second kappa shape index (κ2) is 11.4. The topological polar surface area (TPSA) is 56.2 Å². The first kappa shape index (κ1) is 31.9. The van der Waals surface area contributed by atoms with Crippen molar-refractivity contribution in [3.05, 3.63) is 176 Å². The zero-order chi connectivity index (χ0) is 39.5. The Morgan fingerprint density at radius 2 is 1.02 bits per heavy atom. The average molecular weight is 781 g/mol. The van der Waals surface area contributed by atoms with Crippen LogP contribution >= 0.6 is 0 Å². The average Bonchev–Trinajstić information content (AvgIpc) is 4.14. The second-order valence-corrected chi connectivity index (χ2v) is 16.3. The van der Waals surface area contributed by atoms with Crippen molar-refractivity contribution in [2.24, 2.45) is 0 Å². The van der Waals surface area contributed by atoms with E-state index in [0.717, 1.165) is 107 Å². The van der Waals surface area contributed by atoms with Gasteiger partial charge in [0.25, 0.3) is 0 Å². The summed E-state index contributed by atoms with van der Waals surface area (Å²) in [7, 11) is -0.777. The molecule has 15 rings (SSSR count). The number of benzene rings is 8. The van der Waals surface area contributed by atoms with Gasteiger partial charge in [0.15, 0.2) is 11.8 Å². The number of nitrogens with zero attached hydrogens (tertiary/aromatic N) is 3. The first-order valence-corrected chi connectivity index (χ1v) is 20.7. The van der Waals surface area contributed by atoms with E-state index in [1.807, 2.05) is 36.4 Å². The highest BCUT2D eigenvalue weighted by atomic mass is 16.5. The lowest BCUT2D eigenvalue weighted by atomic mass is 9.65. The third-order valence-electron chi connectivity index (χ3n) is 13.2. The Labute approximate surface area is 349 Å². The molecule has 0 atom stereocenters. The molecule has 282 valence electrons. The van der Waals surface area contributed by atoms with Gasteiger partial charge in [0.1, 0.15) is 22.7 Å². The minimum Gasteiger partial charge on any atom is -0.536 e. The summed E-state index contributed by atoms with van der Waals surface area (Å²) in [6.07, 6.45) is 0. The third kappa shape index (κ3) is 4.05. The Morgan fingerprint density at radius 1 is 0.410 bits per heavy atom. The van der Waals surface area contributed by atoms with E-state index in [1.54, 1.807) is 0 Å². The molecule has 4 aliphatic heterocycles. The maximum atomic E-state index is 7.24. The summed E-state index contributed by atoms with van der Waals surface area (Å²) in [5, 5.41) is 4.58. The number of aromatic nitrogens is 1. The van der Waals surface area contributed by atoms with E-state index in [9.17, 15) is 0 Å². The van der Waals surface area contributed by atoms with Gasteiger partial charge in [-0.2, -0.15) is 0 Å². The normalized spacial score (nSPS) is 14.0. The zero-order valence-corrected chi connectivity index (χ0v) is 32.4. The minimum atomic E-state index is -0.394. The molecule has 0 bridgehead atoms. The quantitative estimate of drug-likeness (QED) is 0.163. The summed E-state index contributed by atoms with van der Waals surface area (Å²) in [5.41, 5.74) is 15.6. The summed E-state index contributed by atoms with van der Waals surface area (Å²) in [6.45, 7) is 0. The van der Waals surface area contributed by atoms with E-state index in [1.165, 1.54) is 21.8 Å². The van der Waals surface area contributed by atoms with Crippen molar-refractivity contribution in [3.8, 4) is 50.6 Å². The van der Waals surface area contributed by atoms with Gasteiger partial charge in [0, 0.05) is 32.8 Å². The molecule has 0 spiro atoms. The maximum Gasteiger partial charge on any atom is 0.527 e. The van der Waals surface area contributed by atoms with E-state index < -0.39 is 7.05 Å². The Balaban J connectivity index is 0.959. The molecule has 0 radical (unpaired) electrons. The van der Waals surface area contributed by atoms with Gasteiger partial charge in [0.05, 0.1) is 33.5 Å². The molecule has 0 fully saturated rings. The molecule has 0 N–H and O–H groups in total. The monoisotopic (exact) mass is 781 g/mol. The standard InChI is InChI=1S/C52H29B2N3O4/c1-4-17-41-33(12-1)34-13-2-5-18-42(34)55(41)31-25-27-39-38(29-31)49-37-16-11-15-32(50(37)59-52(49)57-44-20-7-9-22-46(44)60-53(39)57)30-24-26-35-40(28-30)54-56(43-19-6-10-23-47(43)61-54)51-48(35)36-14-3-8-21-45(36)58-51/h1-29H. The number of furan rings is 2. The molecule has 4 aliphatic rings. The molecule has 0 unspecified atom stereocenters. The summed E-state index contributed by atoms with van der Waals surface area (Å²) in [4.78, 5) is 4.44. The number of hydrogen-bond donors (Lipinski definition) is 0. The van der Waals surface area contributed by atoms with Gasteiger partial charge in [-0.15, -0.1) is 0 Å². The third-order valence-corrected chi connectivity index (χ3v) is 13.2. The highest BCUT2D eigenvalue weighted by Gasteiger charge is 2.49. The van der Waals surface area contributed by atoms with E-state index in [4.69, 9.17) is 18.1 Å². The maximum absolute atomic E-state index is 7.24. The molecule has 0 amide bonds. The smallest absolute Gasteiger partial charge is 0.527 e. The van der Waals surface area contributed by atoms with Gasteiger partial charge in [-0.1, -0.05) is 121 Å².